The fourth-order valence-electron chi connectivity index (χ4n) is 3.09. The van der Waals surface area contributed by atoms with Gasteiger partial charge in [0.05, 0.1) is 28.7 Å². The van der Waals surface area contributed by atoms with Crippen molar-refractivity contribution in [1.82, 2.24) is 19.6 Å². The van der Waals surface area contributed by atoms with Crippen molar-refractivity contribution in [2.75, 3.05) is 0 Å². The molecular weight excluding hydrogens is 347 g/mol. The highest BCUT2D eigenvalue weighted by Crippen LogP contribution is 2.32. The third-order valence-electron chi connectivity index (χ3n) is 4.36. The second-order valence-electron chi connectivity index (χ2n) is 5.93. The van der Waals surface area contributed by atoms with Crippen molar-refractivity contribution < 1.29 is 4.39 Å². The first-order valence-corrected chi connectivity index (χ1v) is 8.98. The number of aromatic amines is 1. The minimum Gasteiger partial charge on any atom is -0.298 e. The van der Waals surface area contributed by atoms with E-state index in [0.29, 0.717) is 0 Å². The van der Waals surface area contributed by atoms with Gasteiger partial charge >= 0.3 is 0 Å². The largest absolute Gasteiger partial charge is 0.298 e. The lowest BCUT2D eigenvalue weighted by Crippen LogP contribution is -1.90. The predicted molar refractivity (Wildman–Crippen MR) is 101 cm³/mol. The predicted octanol–water partition coefficient (Wildman–Crippen LogP) is 5.26. The summed E-state index contributed by atoms with van der Waals surface area (Å²) in [7, 11) is 0. The summed E-state index contributed by atoms with van der Waals surface area (Å²) in [6, 6.07) is 14.5. The molecule has 0 atom stereocenters. The lowest BCUT2D eigenvalue weighted by molar-refractivity contribution is 0.628. The van der Waals surface area contributed by atoms with Crippen LogP contribution in [0.15, 0.2) is 72.5 Å². The summed E-state index contributed by atoms with van der Waals surface area (Å²) in [6.45, 7) is 0. The summed E-state index contributed by atoms with van der Waals surface area (Å²) in [5.41, 5.74) is 5.68. The van der Waals surface area contributed by atoms with Crippen molar-refractivity contribution in [3.63, 3.8) is 0 Å². The fraction of sp³-hybridized carbons (Fsp3) is 0. The summed E-state index contributed by atoms with van der Waals surface area (Å²) < 4.78 is 15.3. The van der Waals surface area contributed by atoms with E-state index in [1.54, 1.807) is 29.7 Å². The Hall–Kier alpha value is -3.25. The molecule has 0 saturated carbocycles. The molecule has 0 amide bonds. The number of nitrogens with one attached hydrogen (secondary N) is 1. The van der Waals surface area contributed by atoms with Crippen molar-refractivity contribution in [2.45, 2.75) is 0 Å². The molecule has 0 radical (unpaired) electrons. The van der Waals surface area contributed by atoms with Gasteiger partial charge in [-0.3, -0.25) is 9.50 Å². The van der Waals surface area contributed by atoms with Gasteiger partial charge in [0.25, 0.3) is 0 Å². The van der Waals surface area contributed by atoms with Gasteiger partial charge in [0.15, 0.2) is 0 Å². The van der Waals surface area contributed by atoms with Crippen LogP contribution < -0.4 is 0 Å². The van der Waals surface area contributed by atoms with Crippen LogP contribution in [0.25, 0.3) is 38.6 Å². The van der Waals surface area contributed by atoms with Gasteiger partial charge in [-0.05, 0) is 47.8 Å². The Labute approximate surface area is 152 Å². The molecule has 4 heterocycles. The summed E-state index contributed by atoms with van der Waals surface area (Å²) in [5.74, 6) is -0.254. The Morgan fingerprint density at radius 3 is 2.62 bits per heavy atom. The van der Waals surface area contributed by atoms with E-state index in [9.17, 15) is 4.39 Å². The zero-order valence-corrected chi connectivity index (χ0v) is 14.4. The van der Waals surface area contributed by atoms with Crippen LogP contribution >= 0.6 is 11.3 Å². The number of fused-ring (bicyclic) bond motifs is 1. The third kappa shape index (κ3) is 2.43. The summed E-state index contributed by atoms with van der Waals surface area (Å²) >= 11 is 1.69. The van der Waals surface area contributed by atoms with Crippen LogP contribution in [0.2, 0.25) is 0 Å². The maximum Gasteiger partial charge on any atom is 0.137 e. The van der Waals surface area contributed by atoms with Crippen LogP contribution in [0.5, 0.6) is 0 Å². The van der Waals surface area contributed by atoms with Crippen LogP contribution in [-0.4, -0.2) is 19.6 Å². The smallest absolute Gasteiger partial charge is 0.137 e. The van der Waals surface area contributed by atoms with E-state index < -0.39 is 0 Å². The number of rotatable bonds is 3. The average Bonchev–Trinajstić information content (AvgIpc) is 3.41. The molecule has 0 aliphatic heterocycles. The van der Waals surface area contributed by atoms with Gasteiger partial charge in [0.2, 0.25) is 0 Å². The molecule has 126 valence electrons. The number of halogens is 1. The van der Waals surface area contributed by atoms with E-state index in [4.69, 9.17) is 0 Å². The zero-order valence-electron chi connectivity index (χ0n) is 13.6. The van der Waals surface area contributed by atoms with Gasteiger partial charge in [-0.25, -0.2) is 9.37 Å². The molecular formula is C20H13FN4S. The molecule has 0 unspecified atom stereocenters. The first-order chi connectivity index (χ1) is 12.8. The highest BCUT2D eigenvalue weighted by Gasteiger charge is 2.13. The molecule has 5 rings (SSSR count). The van der Waals surface area contributed by atoms with E-state index in [1.807, 2.05) is 24.4 Å². The maximum atomic E-state index is 13.2. The van der Waals surface area contributed by atoms with Crippen LogP contribution in [-0.2, 0) is 0 Å². The van der Waals surface area contributed by atoms with Crippen LogP contribution in [0, 0.1) is 5.82 Å². The van der Waals surface area contributed by atoms with Gasteiger partial charge in [0.1, 0.15) is 11.5 Å². The number of imidazole rings is 1. The van der Waals surface area contributed by atoms with Crippen molar-refractivity contribution in [3.8, 4) is 33.0 Å². The molecule has 0 bridgehead atoms. The van der Waals surface area contributed by atoms with Crippen molar-refractivity contribution >= 4 is 17.0 Å². The van der Waals surface area contributed by atoms with Crippen molar-refractivity contribution in [2.24, 2.45) is 0 Å². The molecule has 1 N–H and O–H groups in total. The quantitative estimate of drug-likeness (QED) is 0.477. The number of hydrogen-bond donors (Lipinski definition) is 1. The number of aromatic nitrogens is 4. The van der Waals surface area contributed by atoms with Crippen LogP contribution in [0.1, 0.15) is 0 Å². The van der Waals surface area contributed by atoms with E-state index in [2.05, 4.69) is 37.2 Å². The van der Waals surface area contributed by atoms with Crippen molar-refractivity contribution in [1.29, 1.82) is 0 Å². The lowest BCUT2D eigenvalue weighted by atomic mass is 10.0. The molecule has 0 fully saturated rings. The first-order valence-electron chi connectivity index (χ1n) is 8.10. The zero-order chi connectivity index (χ0) is 17.5. The van der Waals surface area contributed by atoms with Gasteiger partial charge < -0.3 is 0 Å². The number of pyridine rings is 1. The second-order valence-corrected chi connectivity index (χ2v) is 6.88. The van der Waals surface area contributed by atoms with E-state index in [-0.39, 0.29) is 5.82 Å². The number of hydrogen-bond acceptors (Lipinski definition) is 3. The van der Waals surface area contributed by atoms with E-state index in [1.165, 1.54) is 17.0 Å². The number of nitrogens with zero attached hydrogens (tertiary/aromatic N) is 3. The van der Waals surface area contributed by atoms with Crippen LogP contribution in [0.3, 0.4) is 0 Å². The Balaban J connectivity index is 1.65. The Morgan fingerprint density at radius 1 is 0.962 bits per heavy atom. The normalized spacial score (nSPS) is 11.3. The van der Waals surface area contributed by atoms with E-state index >= 15 is 0 Å². The summed E-state index contributed by atoms with van der Waals surface area (Å²) in [5, 5.41) is 9.28. The highest BCUT2D eigenvalue weighted by molar-refractivity contribution is 7.13. The Bertz CT molecular complexity index is 1190. The second kappa shape index (κ2) is 5.93. The molecule has 0 saturated heterocycles. The summed E-state index contributed by atoms with van der Waals surface area (Å²) in [6.07, 6.45) is 5.75. The SMILES string of the molecule is Fc1ccc(-c2[nH]ncc2-c2ccc3ncc(-c4cccs4)n3c2)cc1. The number of H-pyrrole nitrogens is 1. The highest BCUT2D eigenvalue weighted by atomic mass is 32.1. The Kier molecular flexibility index (Phi) is 3.43. The molecule has 26 heavy (non-hydrogen) atoms. The maximum absolute atomic E-state index is 13.2. The lowest BCUT2D eigenvalue weighted by Gasteiger charge is -2.06. The third-order valence-corrected chi connectivity index (χ3v) is 5.25. The average molecular weight is 360 g/mol. The fourth-order valence-corrected chi connectivity index (χ4v) is 3.82. The molecule has 0 spiro atoms. The minimum atomic E-state index is -0.254. The van der Waals surface area contributed by atoms with E-state index in [0.717, 1.165) is 33.7 Å². The first kappa shape index (κ1) is 15.0. The van der Waals surface area contributed by atoms with Gasteiger partial charge in [0, 0.05) is 22.9 Å². The summed E-state index contributed by atoms with van der Waals surface area (Å²) in [4.78, 5) is 5.66. The molecule has 4 nitrogen and oxygen atoms in total. The number of thiophene rings is 1. The van der Waals surface area contributed by atoms with Crippen LogP contribution in [0.4, 0.5) is 4.39 Å². The van der Waals surface area contributed by atoms with Gasteiger partial charge in [-0.15, -0.1) is 11.3 Å². The monoisotopic (exact) mass is 360 g/mol. The molecule has 1 aromatic carbocycles. The topological polar surface area (TPSA) is 46.0 Å². The molecule has 6 heteroatoms. The number of benzene rings is 1. The minimum absolute atomic E-state index is 0.254. The molecule has 5 aromatic rings. The Morgan fingerprint density at radius 2 is 1.81 bits per heavy atom. The molecule has 0 aliphatic rings. The standard InChI is InChI=1S/C20H13FN4S/c21-15-6-3-13(4-7-15)20-16(10-23-24-20)14-5-8-19-22-11-17(25(19)12-14)18-2-1-9-26-18/h1-12H,(H,23,24). The molecule has 4 aromatic heterocycles. The van der Waals surface area contributed by atoms with Gasteiger partial charge in [-0.1, -0.05) is 6.07 Å². The van der Waals surface area contributed by atoms with Gasteiger partial charge in [-0.2, -0.15) is 5.10 Å². The van der Waals surface area contributed by atoms with Crippen molar-refractivity contribution in [3.05, 3.63) is 78.3 Å². The molecule has 0 aliphatic carbocycles.